The Morgan fingerprint density at radius 2 is 1.36 bits per heavy atom. The summed E-state index contributed by atoms with van der Waals surface area (Å²) in [6, 6.07) is 0. The maximum absolute atomic E-state index is 10.6. The summed E-state index contributed by atoms with van der Waals surface area (Å²) in [6.45, 7) is 5.81. The van der Waals surface area contributed by atoms with Crippen molar-refractivity contribution >= 4 is 37.8 Å². The fourth-order valence-electron chi connectivity index (χ4n) is 2.44. The first-order valence-corrected chi connectivity index (χ1v) is 10.5. The van der Waals surface area contributed by atoms with Crippen LogP contribution in [0.5, 0.6) is 0 Å². The van der Waals surface area contributed by atoms with Crippen molar-refractivity contribution in [2.75, 3.05) is 0 Å². The molecule has 22 heavy (non-hydrogen) atoms. The van der Waals surface area contributed by atoms with Crippen molar-refractivity contribution in [1.29, 1.82) is 0 Å². The highest BCUT2D eigenvalue weighted by atomic mass is 79.9. The van der Waals surface area contributed by atoms with Crippen LogP contribution < -0.4 is 0 Å². The van der Waals surface area contributed by atoms with Gasteiger partial charge in [0, 0.05) is 15.2 Å². The smallest absolute Gasteiger partial charge is 0.330 e. The molecule has 0 radical (unpaired) electrons. The third kappa shape index (κ3) is 12.7. The lowest BCUT2D eigenvalue weighted by Crippen LogP contribution is -2.13. The molecule has 2 nitrogen and oxygen atoms in total. The van der Waals surface area contributed by atoms with Gasteiger partial charge >= 0.3 is 5.97 Å². The van der Waals surface area contributed by atoms with Gasteiger partial charge in [0.2, 0.25) is 0 Å². The second-order valence-electron chi connectivity index (χ2n) is 6.10. The molecule has 0 heterocycles. The minimum Gasteiger partial charge on any atom is -0.478 e. The zero-order chi connectivity index (χ0) is 16.8. The molecule has 2 atom stereocenters. The van der Waals surface area contributed by atoms with Gasteiger partial charge in [0.25, 0.3) is 0 Å². The van der Waals surface area contributed by atoms with Crippen LogP contribution in [0.2, 0.25) is 0 Å². The topological polar surface area (TPSA) is 37.3 Å². The van der Waals surface area contributed by atoms with E-state index in [1.54, 1.807) is 0 Å². The third-order valence-electron chi connectivity index (χ3n) is 3.99. The second-order valence-corrected chi connectivity index (χ2v) is 8.45. The minimum atomic E-state index is -0.860. The van der Waals surface area contributed by atoms with E-state index >= 15 is 0 Å². The van der Waals surface area contributed by atoms with Gasteiger partial charge in [-0.1, -0.05) is 96.7 Å². The predicted molar refractivity (Wildman–Crippen MR) is 103 cm³/mol. The molecule has 130 valence electrons. The molecule has 0 bridgehead atoms. The summed E-state index contributed by atoms with van der Waals surface area (Å²) in [5, 5.41) is 8.73. The maximum Gasteiger partial charge on any atom is 0.330 e. The van der Waals surface area contributed by atoms with Crippen LogP contribution in [0.1, 0.15) is 84.0 Å². The summed E-state index contributed by atoms with van der Waals surface area (Å²) >= 11 is 7.61. The van der Waals surface area contributed by atoms with Crippen molar-refractivity contribution in [3.05, 3.63) is 12.2 Å². The summed E-state index contributed by atoms with van der Waals surface area (Å²) in [7, 11) is 0. The van der Waals surface area contributed by atoms with Crippen molar-refractivity contribution < 1.29 is 9.90 Å². The van der Waals surface area contributed by atoms with Crippen LogP contribution in [0.4, 0.5) is 0 Å². The molecule has 4 heteroatoms. The molecule has 0 aliphatic heterocycles. The zero-order valence-electron chi connectivity index (χ0n) is 14.0. The molecule has 2 unspecified atom stereocenters. The summed E-state index contributed by atoms with van der Waals surface area (Å²) in [5.74, 6) is -0.860. The highest BCUT2D eigenvalue weighted by Gasteiger charge is 2.14. The van der Waals surface area contributed by atoms with Crippen LogP contribution in [0.15, 0.2) is 12.2 Å². The average molecular weight is 440 g/mol. The van der Waals surface area contributed by atoms with Crippen molar-refractivity contribution in [1.82, 2.24) is 0 Å². The van der Waals surface area contributed by atoms with Gasteiger partial charge < -0.3 is 5.11 Å². The van der Waals surface area contributed by atoms with Crippen LogP contribution in [0.3, 0.4) is 0 Å². The van der Waals surface area contributed by atoms with Gasteiger partial charge in [0.05, 0.1) is 0 Å². The number of carboxylic acids is 1. The van der Waals surface area contributed by atoms with E-state index in [1.165, 1.54) is 57.8 Å². The fraction of sp³-hybridized carbons (Fsp3) is 0.833. The van der Waals surface area contributed by atoms with E-state index in [0.29, 0.717) is 21.6 Å². The number of hydrogen-bond acceptors (Lipinski definition) is 1. The predicted octanol–water partition coefficient (Wildman–Crippen LogP) is 6.86. The molecule has 0 aliphatic rings. The van der Waals surface area contributed by atoms with Crippen molar-refractivity contribution in [3.63, 3.8) is 0 Å². The molecule has 0 aromatic rings. The molecule has 0 amide bonds. The standard InChI is InChI=1S/C18H32Br2O2/c1-3-4-5-6-10-13-16(19)17(20)14-11-8-7-9-12-15(2)18(21)22/h16-17H,2-14H2,1H3,(H,21,22). The molecule has 1 N–H and O–H groups in total. The van der Waals surface area contributed by atoms with E-state index in [2.05, 4.69) is 45.4 Å². The van der Waals surface area contributed by atoms with Crippen molar-refractivity contribution in [2.24, 2.45) is 0 Å². The van der Waals surface area contributed by atoms with E-state index in [1.807, 2.05) is 0 Å². The van der Waals surface area contributed by atoms with Crippen LogP contribution in [-0.2, 0) is 4.79 Å². The van der Waals surface area contributed by atoms with Crippen LogP contribution in [0.25, 0.3) is 0 Å². The number of aliphatic carboxylic acids is 1. The van der Waals surface area contributed by atoms with E-state index in [4.69, 9.17) is 5.11 Å². The Labute approximate surface area is 153 Å². The number of unbranched alkanes of at least 4 members (excludes halogenated alkanes) is 7. The van der Waals surface area contributed by atoms with Gasteiger partial charge in [-0.3, -0.25) is 0 Å². The first-order valence-electron chi connectivity index (χ1n) is 8.68. The summed E-state index contributed by atoms with van der Waals surface area (Å²) in [4.78, 5) is 11.7. The maximum atomic E-state index is 10.6. The molecule has 0 saturated heterocycles. The number of hydrogen-bond donors (Lipinski definition) is 1. The monoisotopic (exact) mass is 438 g/mol. The Morgan fingerprint density at radius 3 is 1.82 bits per heavy atom. The fourth-order valence-corrected chi connectivity index (χ4v) is 3.62. The molecular formula is C18H32Br2O2. The van der Waals surface area contributed by atoms with Gasteiger partial charge in [-0.25, -0.2) is 4.79 Å². The Hall–Kier alpha value is 0.170. The van der Waals surface area contributed by atoms with Gasteiger partial charge in [-0.15, -0.1) is 0 Å². The first kappa shape index (κ1) is 22.2. The molecule has 0 saturated carbocycles. The van der Waals surface area contributed by atoms with Gasteiger partial charge in [0.15, 0.2) is 0 Å². The lowest BCUT2D eigenvalue weighted by atomic mass is 10.0. The number of carbonyl (C=O) groups is 1. The highest BCUT2D eigenvalue weighted by molar-refractivity contribution is 9.12. The van der Waals surface area contributed by atoms with E-state index in [-0.39, 0.29) is 0 Å². The van der Waals surface area contributed by atoms with Crippen LogP contribution in [-0.4, -0.2) is 20.7 Å². The first-order chi connectivity index (χ1) is 10.5. The summed E-state index contributed by atoms with van der Waals surface area (Å²) < 4.78 is 0. The SMILES string of the molecule is C=C(CCCCCCC(Br)C(Br)CCCCCCC)C(=O)O. The number of rotatable bonds is 15. The number of halogens is 2. The van der Waals surface area contributed by atoms with E-state index in [0.717, 1.165) is 12.8 Å². The lowest BCUT2D eigenvalue weighted by molar-refractivity contribution is -0.132. The zero-order valence-corrected chi connectivity index (χ0v) is 17.1. The lowest BCUT2D eigenvalue weighted by Gasteiger charge is -2.16. The number of carboxylic acid groups (broad SMARTS) is 1. The Morgan fingerprint density at radius 1 is 0.909 bits per heavy atom. The van der Waals surface area contributed by atoms with Crippen molar-refractivity contribution in [2.45, 2.75) is 93.6 Å². The molecule has 0 rings (SSSR count). The quantitative estimate of drug-likeness (QED) is 0.172. The third-order valence-corrected chi connectivity index (χ3v) is 6.89. The van der Waals surface area contributed by atoms with Crippen LogP contribution in [0, 0.1) is 0 Å². The van der Waals surface area contributed by atoms with E-state index < -0.39 is 5.97 Å². The molecule has 0 fully saturated rings. The van der Waals surface area contributed by atoms with Gasteiger partial charge in [0.1, 0.15) is 0 Å². The largest absolute Gasteiger partial charge is 0.478 e. The molecular weight excluding hydrogens is 408 g/mol. The van der Waals surface area contributed by atoms with Crippen LogP contribution >= 0.6 is 31.9 Å². The highest BCUT2D eigenvalue weighted by Crippen LogP contribution is 2.25. The molecule has 0 aliphatic carbocycles. The number of alkyl halides is 2. The Balaban J connectivity index is 3.49. The van der Waals surface area contributed by atoms with Crippen molar-refractivity contribution in [3.8, 4) is 0 Å². The van der Waals surface area contributed by atoms with E-state index in [9.17, 15) is 4.79 Å². The minimum absolute atomic E-state index is 0.335. The average Bonchev–Trinajstić information content (AvgIpc) is 2.49. The normalized spacial score (nSPS) is 13.8. The molecule has 0 spiro atoms. The van der Waals surface area contributed by atoms with Gasteiger partial charge in [-0.2, -0.15) is 0 Å². The Kier molecular flexibility index (Phi) is 14.9. The second kappa shape index (κ2) is 14.7. The van der Waals surface area contributed by atoms with Gasteiger partial charge in [-0.05, 0) is 25.7 Å². The molecule has 0 aromatic heterocycles. The Bertz CT molecular complexity index is 305. The summed E-state index contributed by atoms with van der Waals surface area (Å²) in [6.07, 6.45) is 14.2. The summed E-state index contributed by atoms with van der Waals surface area (Å²) in [5.41, 5.74) is 0.335. The molecule has 0 aromatic carbocycles.